The summed E-state index contributed by atoms with van der Waals surface area (Å²) in [6, 6.07) is 73.5. The topological polar surface area (TPSA) is 43.6 Å². The fraction of sp³-hybridized carbons (Fsp3) is 0. The average molecular weight is 783 g/mol. The van der Waals surface area contributed by atoms with Crippen LogP contribution in [0.15, 0.2) is 206 Å². The van der Waals surface area contributed by atoms with Crippen LogP contribution in [0.2, 0.25) is 0 Å². The Morgan fingerprint density at radius 1 is 0.333 bits per heavy atom. The fourth-order valence-corrected chi connectivity index (χ4v) is 10.00. The molecule has 0 saturated heterocycles. The molecule has 60 heavy (non-hydrogen) atoms. The number of thiophene rings is 1. The van der Waals surface area contributed by atoms with Gasteiger partial charge < -0.3 is 4.57 Å². The van der Waals surface area contributed by atoms with Crippen molar-refractivity contribution in [1.29, 1.82) is 0 Å². The van der Waals surface area contributed by atoms with Crippen molar-refractivity contribution in [3.05, 3.63) is 206 Å². The van der Waals surface area contributed by atoms with Crippen LogP contribution in [0.5, 0.6) is 0 Å². The molecule has 3 heterocycles. The first-order chi connectivity index (χ1) is 29.7. The number of benzene rings is 9. The highest BCUT2D eigenvalue weighted by atomic mass is 32.1. The number of rotatable bonds is 6. The smallest absolute Gasteiger partial charge is 0.164 e. The summed E-state index contributed by atoms with van der Waals surface area (Å²) >= 11 is 1.84. The molecule has 0 N–H and O–H groups in total. The zero-order valence-corrected chi connectivity index (χ0v) is 33.1. The van der Waals surface area contributed by atoms with Gasteiger partial charge in [-0.15, -0.1) is 11.3 Å². The van der Waals surface area contributed by atoms with Crippen molar-refractivity contribution in [3.63, 3.8) is 0 Å². The highest BCUT2D eigenvalue weighted by Gasteiger charge is 2.22. The zero-order chi connectivity index (χ0) is 39.6. The van der Waals surface area contributed by atoms with Gasteiger partial charge >= 0.3 is 0 Å². The Bertz CT molecular complexity index is 3490. The number of aromatic nitrogens is 4. The molecule has 0 unspecified atom stereocenters. The third-order valence-electron chi connectivity index (χ3n) is 11.6. The first kappa shape index (κ1) is 34.3. The lowest BCUT2D eigenvalue weighted by molar-refractivity contribution is 1.07. The third-order valence-corrected chi connectivity index (χ3v) is 12.9. The average Bonchev–Trinajstić information content (AvgIpc) is 3.87. The maximum absolute atomic E-state index is 5.32. The van der Waals surface area contributed by atoms with E-state index in [0.29, 0.717) is 17.5 Å². The summed E-state index contributed by atoms with van der Waals surface area (Å²) in [6.07, 6.45) is 0. The fourth-order valence-electron chi connectivity index (χ4n) is 8.78. The Hall–Kier alpha value is -7.73. The Morgan fingerprint density at radius 3 is 1.58 bits per heavy atom. The molecule has 0 aliphatic heterocycles. The van der Waals surface area contributed by atoms with Crippen LogP contribution in [0.4, 0.5) is 0 Å². The second kappa shape index (κ2) is 14.0. The maximum atomic E-state index is 5.32. The SMILES string of the molecule is c1ccc(-c2nc(-c3ccccc3)nc(-c3cc(-c4ccc5ccccc5c4)ccc3-c3cc(-n4c5ccccc5c5ccccc54)cc4c3sc3ccccc34)n2)cc1. The van der Waals surface area contributed by atoms with E-state index >= 15 is 0 Å². The van der Waals surface area contributed by atoms with E-state index in [-0.39, 0.29) is 0 Å². The number of para-hydroxylation sites is 2. The molecular formula is C55H34N4S. The van der Waals surface area contributed by atoms with E-state index in [1.54, 1.807) is 0 Å². The van der Waals surface area contributed by atoms with Crippen LogP contribution >= 0.6 is 11.3 Å². The van der Waals surface area contributed by atoms with Crippen LogP contribution in [-0.4, -0.2) is 19.5 Å². The van der Waals surface area contributed by atoms with Crippen molar-refractivity contribution in [1.82, 2.24) is 19.5 Å². The van der Waals surface area contributed by atoms with Gasteiger partial charge in [-0.2, -0.15) is 0 Å². The molecule has 0 atom stereocenters. The van der Waals surface area contributed by atoms with E-state index in [1.807, 2.05) is 47.7 Å². The number of hydrogen-bond acceptors (Lipinski definition) is 4. The molecular weight excluding hydrogens is 749 g/mol. The summed E-state index contributed by atoms with van der Waals surface area (Å²) in [5, 5.41) is 7.34. The Morgan fingerprint density at radius 2 is 0.883 bits per heavy atom. The molecule has 0 aliphatic rings. The largest absolute Gasteiger partial charge is 0.309 e. The van der Waals surface area contributed by atoms with Gasteiger partial charge in [0, 0.05) is 58.9 Å². The van der Waals surface area contributed by atoms with Crippen LogP contribution < -0.4 is 0 Å². The van der Waals surface area contributed by atoms with E-state index in [0.717, 1.165) is 44.6 Å². The Balaban J connectivity index is 1.18. The van der Waals surface area contributed by atoms with E-state index in [2.05, 4.69) is 174 Å². The van der Waals surface area contributed by atoms with Gasteiger partial charge in [0.2, 0.25) is 0 Å². The molecule has 0 aliphatic carbocycles. The van der Waals surface area contributed by atoms with Crippen LogP contribution in [-0.2, 0) is 0 Å². The van der Waals surface area contributed by atoms with Gasteiger partial charge in [-0.1, -0.05) is 164 Å². The Kier molecular flexibility index (Phi) is 8.00. The molecule has 0 fully saturated rings. The molecule has 3 aromatic heterocycles. The highest BCUT2D eigenvalue weighted by molar-refractivity contribution is 7.26. The molecule has 9 aromatic carbocycles. The van der Waals surface area contributed by atoms with Crippen molar-refractivity contribution in [3.8, 4) is 62.1 Å². The summed E-state index contributed by atoms with van der Waals surface area (Å²) in [5.74, 6) is 1.89. The molecule has 280 valence electrons. The van der Waals surface area contributed by atoms with Gasteiger partial charge in [0.05, 0.1) is 11.0 Å². The molecule has 0 spiro atoms. The number of hydrogen-bond donors (Lipinski definition) is 0. The molecule has 0 bridgehead atoms. The summed E-state index contributed by atoms with van der Waals surface area (Å²) in [7, 11) is 0. The van der Waals surface area contributed by atoms with Crippen LogP contribution in [0.3, 0.4) is 0 Å². The van der Waals surface area contributed by atoms with Gasteiger partial charge in [-0.05, 0) is 69.9 Å². The van der Waals surface area contributed by atoms with Crippen molar-refractivity contribution in [2.45, 2.75) is 0 Å². The van der Waals surface area contributed by atoms with E-state index < -0.39 is 0 Å². The van der Waals surface area contributed by atoms with E-state index in [1.165, 1.54) is 52.8 Å². The monoisotopic (exact) mass is 782 g/mol. The quantitative estimate of drug-likeness (QED) is 0.169. The van der Waals surface area contributed by atoms with Crippen molar-refractivity contribution in [2.75, 3.05) is 0 Å². The second-order valence-electron chi connectivity index (χ2n) is 15.2. The van der Waals surface area contributed by atoms with Gasteiger partial charge in [-0.25, -0.2) is 15.0 Å². The summed E-state index contributed by atoms with van der Waals surface area (Å²) in [6.45, 7) is 0. The first-order valence-electron chi connectivity index (χ1n) is 20.2. The summed E-state index contributed by atoms with van der Waals surface area (Å²) in [5.41, 5.74) is 10.7. The lowest BCUT2D eigenvalue weighted by Crippen LogP contribution is -2.02. The molecule has 0 saturated carbocycles. The van der Waals surface area contributed by atoms with Crippen molar-refractivity contribution < 1.29 is 0 Å². The minimum atomic E-state index is 0.622. The lowest BCUT2D eigenvalue weighted by atomic mass is 9.92. The standard InChI is InChI=1S/C55H34N4S/c1-3-16-36(17-4-1)53-56-54(37-18-5-2-6-19-37)58-55(57-53)48-32-40(39-28-27-35-15-7-8-20-38(35)31-39)29-30-42(48)46-33-41(34-47-45-23-11-14-26-51(45)60-52(46)47)59-49-24-12-9-21-43(49)44-22-10-13-25-50(44)59/h1-34H. The van der Waals surface area contributed by atoms with E-state index in [4.69, 9.17) is 15.0 Å². The molecule has 5 heteroatoms. The first-order valence-corrected chi connectivity index (χ1v) is 21.0. The molecule has 12 aromatic rings. The maximum Gasteiger partial charge on any atom is 0.164 e. The van der Waals surface area contributed by atoms with Gasteiger partial charge in [-0.3, -0.25) is 0 Å². The Labute approximate surface area is 350 Å². The normalized spacial score (nSPS) is 11.7. The van der Waals surface area contributed by atoms with Crippen LogP contribution in [0, 0.1) is 0 Å². The molecule has 12 rings (SSSR count). The predicted octanol–water partition coefficient (Wildman–Crippen LogP) is 14.8. The summed E-state index contributed by atoms with van der Waals surface area (Å²) in [4.78, 5) is 15.7. The van der Waals surface area contributed by atoms with Crippen LogP contribution in [0.1, 0.15) is 0 Å². The lowest BCUT2D eigenvalue weighted by Gasteiger charge is -2.17. The minimum Gasteiger partial charge on any atom is -0.309 e. The number of nitrogens with zero attached hydrogens (tertiary/aromatic N) is 4. The molecule has 4 nitrogen and oxygen atoms in total. The van der Waals surface area contributed by atoms with Crippen LogP contribution in [0.25, 0.3) is 115 Å². The zero-order valence-electron chi connectivity index (χ0n) is 32.3. The predicted molar refractivity (Wildman–Crippen MR) is 252 cm³/mol. The highest BCUT2D eigenvalue weighted by Crippen LogP contribution is 2.46. The minimum absolute atomic E-state index is 0.622. The second-order valence-corrected chi connectivity index (χ2v) is 16.3. The van der Waals surface area contributed by atoms with Gasteiger partial charge in [0.1, 0.15) is 0 Å². The summed E-state index contributed by atoms with van der Waals surface area (Å²) < 4.78 is 4.90. The molecule has 0 amide bonds. The van der Waals surface area contributed by atoms with Crippen molar-refractivity contribution in [2.24, 2.45) is 0 Å². The molecule has 0 radical (unpaired) electrons. The third kappa shape index (κ3) is 5.70. The van der Waals surface area contributed by atoms with E-state index in [9.17, 15) is 0 Å². The number of fused-ring (bicyclic) bond motifs is 7. The van der Waals surface area contributed by atoms with Crippen molar-refractivity contribution >= 4 is 64.1 Å². The van der Waals surface area contributed by atoms with Gasteiger partial charge in [0.25, 0.3) is 0 Å². The van der Waals surface area contributed by atoms with Gasteiger partial charge in [0.15, 0.2) is 17.5 Å².